The third-order valence-corrected chi connectivity index (χ3v) is 1.71. The standard InChI is InChI=1S/C7H5BF3NO5/c9-7(10,11)17-4-1-2-6(12(15)16)5(3-4)8(13)14/h1-3,13-14H. The fourth-order valence-electron chi connectivity index (χ4n) is 1.10. The quantitative estimate of drug-likeness (QED) is 0.453. The average Bonchev–Trinajstić information content (AvgIpc) is 2.14. The largest absolute Gasteiger partial charge is 0.573 e. The number of hydrogen-bond donors (Lipinski definition) is 2. The number of halogens is 3. The molecule has 0 bridgehead atoms. The summed E-state index contributed by atoms with van der Waals surface area (Å²) in [5, 5.41) is 28.0. The molecule has 10 heteroatoms. The number of rotatable bonds is 3. The molecule has 0 atom stereocenters. The van der Waals surface area contributed by atoms with E-state index in [1.807, 2.05) is 0 Å². The summed E-state index contributed by atoms with van der Waals surface area (Å²) in [6.07, 6.45) is -4.96. The molecule has 0 radical (unpaired) electrons. The van der Waals surface area contributed by atoms with Crippen LogP contribution in [0.3, 0.4) is 0 Å². The van der Waals surface area contributed by atoms with Gasteiger partial charge in [0.2, 0.25) is 0 Å². The molecule has 0 aliphatic carbocycles. The molecule has 1 rings (SSSR count). The fraction of sp³-hybridized carbons (Fsp3) is 0.143. The molecule has 0 aromatic heterocycles. The molecular formula is C7H5BF3NO5. The molecule has 1 aromatic rings. The minimum Gasteiger partial charge on any atom is -0.423 e. The van der Waals surface area contributed by atoms with E-state index in [2.05, 4.69) is 4.74 Å². The maximum Gasteiger partial charge on any atom is 0.573 e. The smallest absolute Gasteiger partial charge is 0.423 e. The van der Waals surface area contributed by atoms with Gasteiger partial charge in [0.25, 0.3) is 5.69 Å². The van der Waals surface area contributed by atoms with Gasteiger partial charge in [0.1, 0.15) is 5.75 Å². The third kappa shape index (κ3) is 3.61. The van der Waals surface area contributed by atoms with E-state index in [-0.39, 0.29) is 0 Å². The first-order chi connectivity index (χ1) is 7.70. The van der Waals surface area contributed by atoms with Crippen LogP contribution in [0.4, 0.5) is 18.9 Å². The van der Waals surface area contributed by atoms with Crippen molar-refractivity contribution in [1.82, 2.24) is 0 Å². The van der Waals surface area contributed by atoms with Crippen LogP contribution in [-0.2, 0) is 0 Å². The summed E-state index contributed by atoms with van der Waals surface area (Å²) in [4.78, 5) is 9.49. The monoisotopic (exact) mass is 251 g/mol. The van der Waals surface area contributed by atoms with Gasteiger partial charge in [0, 0.05) is 6.07 Å². The highest BCUT2D eigenvalue weighted by atomic mass is 19.4. The van der Waals surface area contributed by atoms with Gasteiger partial charge in [-0.3, -0.25) is 10.1 Å². The zero-order valence-corrected chi connectivity index (χ0v) is 8.01. The number of hydrogen-bond acceptors (Lipinski definition) is 5. The van der Waals surface area contributed by atoms with Crippen LogP contribution in [0.25, 0.3) is 0 Å². The van der Waals surface area contributed by atoms with E-state index in [4.69, 9.17) is 10.0 Å². The highest BCUT2D eigenvalue weighted by Gasteiger charge is 2.32. The van der Waals surface area contributed by atoms with E-state index >= 15 is 0 Å². The number of alkyl halides is 3. The van der Waals surface area contributed by atoms with Gasteiger partial charge in [-0.25, -0.2) is 0 Å². The summed E-state index contributed by atoms with van der Waals surface area (Å²) >= 11 is 0. The Bertz CT molecular complexity index is 436. The molecule has 92 valence electrons. The Morgan fingerprint density at radius 2 is 1.94 bits per heavy atom. The van der Waals surface area contributed by atoms with E-state index in [0.717, 1.165) is 0 Å². The minimum atomic E-state index is -4.96. The zero-order valence-electron chi connectivity index (χ0n) is 8.01. The number of nitro groups is 1. The van der Waals surface area contributed by atoms with E-state index in [9.17, 15) is 23.3 Å². The van der Waals surface area contributed by atoms with Crippen molar-refractivity contribution in [2.24, 2.45) is 0 Å². The van der Waals surface area contributed by atoms with Gasteiger partial charge in [0.05, 0.1) is 10.4 Å². The Morgan fingerprint density at radius 1 is 1.35 bits per heavy atom. The van der Waals surface area contributed by atoms with Gasteiger partial charge in [-0.15, -0.1) is 13.2 Å². The lowest BCUT2D eigenvalue weighted by molar-refractivity contribution is -0.383. The molecule has 2 N–H and O–H groups in total. The number of nitrogens with zero attached hydrogens (tertiary/aromatic N) is 1. The van der Waals surface area contributed by atoms with Crippen LogP contribution < -0.4 is 10.2 Å². The predicted octanol–water partition coefficient (Wildman–Crippen LogP) is 0.173. The second kappa shape index (κ2) is 4.59. The molecule has 0 saturated carbocycles. The first-order valence-corrected chi connectivity index (χ1v) is 4.11. The molecule has 1 aromatic carbocycles. The summed E-state index contributed by atoms with van der Waals surface area (Å²) in [7, 11) is -2.27. The number of benzene rings is 1. The molecule has 0 heterocycles. The second-order valence-corrected chi connectivity index (χ2v) is 2.90. The summed E-state index contributed by atoms with van der Waals surface area (Å²) < 4.78 is 39.0. The summed E-state index contributed by atoms with van der Waals surface area (Å²) in [5.74, 6) is -0.772. The van der Waals surface area contributed by atoms with Gasteiger partial charge in [-0.05, 0) is 12.1 Å². The van der Waals surface area contributed by atoms with Crippen molar-refractivity contribution >= 4 is 18.3 Å². The maximum absolute atomic E-state index is 11.9. The van der Waals surface area contributed by atoms with Crippen molar-refractivity contribution < 1.29 is 32.9 Å². The zero-order chi connectivity index (χ0) is 13.2. The molecule has 0 aliphatic heterocycles. The van der Waals surface area contributed by atoms with Crippen LogP contribution in [0.15, 0.2) is 18.2 Å². The molecule has 17 heavy (non-hydrogen) atoms. The molecule has 0 spiro atoms. The maximum atomic E-state index is 11.9. The molecule has 0 saturated heterocycles. The van der Waals surface area contributed by atoms with Crippen LogP contribution in [0, 0.1) is 10.1 Å². The average molecular weight is 251 g/mol. The summed E-state index contributed by atoms with van der Waals surface area (Å²) in [6, 6.07) is 1.93. The van der Waals surface area contributed by atoms with E-state index < -0.39 is 35.3 Å². The van der Waals surface area contributed by atoms with Crippen molar-refractivity contribution in [3.8, 4) is 5.75 Å². The molecule has 0 fully saturated rings. The van der Waals surface area contributed by atoms with Gasteiger partial charge in [-0.1, -0.05) is 0 Å². The Kier molecular flexibility index (Phi) is 3.58. The van der Waals surface area contributed by atoms with Gasteiger partial charge in [-0.2, -0.15) is 0 Å². The highest BCUT2D eigenvalue weighted by molar-refractivity contribution is 6.60. The second-order valence-electron chi connectivity index (χ2n) is 2.90. The van der Waals surface area contributed by atoms with Crippen molar-refractivity contribution in [2.75, 3.05) is 0 Å². The van der Waals surface area contributed by atoms with Crippen LogP contribution in [-0.4, -0.2) is 28.5 Å². The lowest BCUT2D eigenvalue weighted by atomic mass is 9.79. The molecule has 0 amide bonds. The van der Waals surface area contributed by atoms with Crippen LogP contribution in [0.1, 0.15) is 0 Å². The van der Waals surface area contributed by atoms with Gasteiger partial charge >= 0.3 is 13.5 Å². The van der Waals surface area contributed by atoms with Gasteiger partial charge < -0.3 is 14.8 Å². The van der Waals surface area contributed by atoms with Crippen LogP contribution >= 0.6 is 0 Å². The summed E-state index contributed by atoms with van der Waals surface area (Å²) in [5.41, 5.74) is -1.40. The first kappa shape index (κ1) is 13.3. The molecule has 6 nitrogen and oxygen atoms in total. The van der Waals surface area contributed by atoms with Gasteiger partial charge in [0.15, 0.2) is 0 Å². The number of nitro benzene ring substituents is 1. The third-order valence-electron chi connectivity index (χ3n) is 1.71. The van der Waals surface area contributed by atoms with Crippen molar-refractivity contribution in [3.05, 3.63) is 28.3 Å². The van der Waals surface area contributed by atoms with Crippen LogP contribution in [0.2, 0.25) is 0 Å². The Labute approximate surface area is 92.5 Å². The van der Waals surface area contributed by atoms with Crippen LogP contribution in [0.5, 0.6) is 5.75 Å². The van der Waals surface area contributed by atoms with E-state index in [0.29, 0.717) is 18.2 Å². The molecule has 0 unspecified atom stereocenters. The molecule has 0 aliphatic rings. The molecular weight excluding hydrogens is 246 g/mol. The van der Waals surface area contributed by atoms with E-state index in [1.54, 1.807) is 0 Å². The fourth-order valence-corrected chi connectivity index (χ4v) is 1.10. The predicted molar refractivity (Wildman–Crippen MR) is 49.6 cm³/mol. The normalized spacial score (nSPS) is 11.1. The van der Waals surface area contributed by atoms with Crippen molar-refractivity contribution in [1.29, 1.82) is 0 Å². The lowest BCUT2D eigenvalue weighted by Crippen LogP contribution is -2.32. The van der Waals surface area contributed by atoms with E-state index in [1.165, 1.54) is 0 Å². The SMILES string of the molecule is O=[N+]([O-])c1ccc(OC(F)(F)F)cc1B(O)O. The summed E-state index contributed by atoms with van der Waals surface area (Å²) in [6.45, 7) is 0. The van der Waals surface area contributed by atoms with Crippen molar-refractivity contribution in [2.45, 2.75) is 6.36 Å². The Morgan fingerprint density at radius 3 is 2.35 bits per heavy atom. The lowest BCUT2D eigenvalue weighted by Gasteiger charge is -2.10. The first-order valence-electron chi connectivity index (χ1n) is 4.11. The highest BCUT2D eigenvalue weighted by Crippen LogP contribution is 2.23. The number of ether oxygens (including phenoxy) is 1. The van der Waals surface area contributed by atoms with Crippen molar-refractivity contribution in [3.63, 3.8) is 0 Å². The topological polar surface area (TPSA) is 92.8 Å². The Hall–Kier alpha value is -1.81. The Balaban J connectivity index is 3.15. The minimum absolute atomic E-state index is 0.538.